The van der Waals surface area contributed by atoms with E-state index in [9.17, 15) is 25.5 Å². The molecule has 5 N–H and O–H groups in total. The van der Waals surface area contributed by atoms with Crippen LogP contribution < -0.4 is 0 Å². The van der Waals surface area contributed by atoms with Crippen LogP contribution in [0.4, 0.5) is 0 Å². The molecule has 0 bridgehead atoms. The highest BCUT2D eigenvalue weighted by atomic mass is 16.8. The molecule has 3 aromatic rings. The van der Waals surface area contributed by atoms with E-state index in [0.29, 0.717) is 16.7 Å². The number of benzene rings is 3. The fraction of sp³-hybridized carbons (Fsp3) is 0.357. The van der Waals surface area contributed by atoms with Crippen LogP contribution in [0.25, 0.3) is 0 Å². The predicted molar refractivity (Wildman–Crippen MR) is 131 cm³/mol. The summed E-state index contributed by atoms with van der Waals surface area (Å²) in [5, 5.41) is 57.0. The average molecular weight is 513 g/mol. The molecule has 1 aliphatic heterocycles. The molecule has 1 fully saturated rings. The molecule has 1 heterocycles. The zero-order chi connectivity index (χ0) is 26.6. The SMILES string of the molecule is C[C@]1(O)O[C@H](CO)[C@@](O)(OCc2ccccc2)[C@@](O)(OCc2ccccc2)[C@]1(O)OCc1ccccc1. The standard InChI is InChI=1S/C28H32O9/c1-25(30)27(32,35-19-22-13-7-3-8-14-22)28(33,36-20-23-15-9-4-10-16-23)26(31,24(17-29)37-25)34-18-21-11-5-2-6-12-21/h2-16,24,29-33H,17-20H2,1H3/t24-,25+,26-,27-,28-/m1/s1. The van der Waals surface area contributed by atoms with E-state index in [4.69, 9.17) is 18.9 Å². The van der Waals surface area contributed by atoms with Gasteiger partial charge in [0.05, 0.1) is 26.4 Å². The second-order valence-corrected chi connectivity index (χ2v) is 9.08. The minimum atomic E-state index is -3.16. The molecule has 198 valence electrons. The van der Waals surface area contributed by atoms with Crippen LogP contribution in [0.3, 0.4) is 0 Å². The van der Waals surface area contributed by atoms with Gasteiger partial charge in [-0.2, -0.15) is 0 Å². The van der Waals surface area contributed by atoms with Crippen LogP contribution in [0.5, 0.6) is 0 Å². The molecule has 0 unspecified atom stereocenters. The second-order valence-electron chi connectivity index (χ2n) is 9.08. The molecule has 9 heteroatoms. The van der Waals surface area contributed by atoms with Gasteiger partial charge >= 0.3 is 0 Å². The first-order chi connectivity index (χ1) is 17.7. The molecule has 37 heavy (non-hydrogen) atoms. The summed E-state index contributed by atoms with van der Waals surface area (Å²) in [5.74, 6) is -11.8. The van der Waals surface area contributed by atoms with E-state index in [1.807, 2.05) is 0 Å². The number of aliphatic hydroxyl groups is 5. The highest BCUT2D eigenvalue weighted by Gasteiger charge is 2.80. The maximum atomic E-state index is 12.0. The van der Waals surface area contributed by atoms with Crippen LogP contribution in [0.15, 0.2) is 91.0 Å². The van der Waals surface area contributed by atoms with Crippen molar-refractivity contribution in [2.45, 2.75) is 56.0 Å². The third-order valence-corrected chi connectivity index (χ3v) is 6.43. The van der Waals surface area contributed by atoms with Crippen molar-refractivity contribution in [3.8, 4) is 0 Å². The summed E-state index contributed by atoms with van der Waals surface area (Å²) in [6, 6.07) is 26.1. The minimum Gasteiger partial charge on any atom is -0.393 e. The normalized spacial score (nSPS) is 31.8. The fourth-order valence-corrected chi connectivity index (χ4v) is 4.29. The number of hydrogen-bond donors (Lipinski definition) is 5. The van der Waals surface area contributed by atoms with Crippen molar-refractivity contribution in [2.24, 2.45) is 0 Å². The van der Waals surface area contributed by atoms with Gasteiger partial charge in [-0.25, -0.2) is 0 Å². The van der Waals surface area contributed by atoms with E-state index in [0.717, 1.165) is 6.92 Å². The Bertz CT molecular complexity index is 1130. The Kier molecular flexibility index (Phi) is 8.10. The Morgan fingerprint density at radius 3 is 1.41 bits per heavy atom. The van der Waals surface area contributed by atoms with Gasteiger partial charge in [-0.1, -0.05) is 91.0 Å². The van der Waals surface area contributed by atoms with Crippen molar-refractivity contribution in [3.05, 3.63) is 108 Å². The van der Waals surface area contributed by atoms with E-state index in [2.05, 4.69) is 0 Å². The van der Waals surface area contributed by atoms with E-state index >= 15 is 0 Å². The van der Waals surface area contributed by atoms with Crippen LogP contribution in [-0.4, -0.2) is 61.4 Å². The summed E-state index contributed by atoms with van der Waals surface area (Å²) in [5.41, 5.74) is 1.79. The first-order valence-electron chi connectivity index (χ1n) is 11.9. The Hall–Kier alpha value is -2.70. The molecular weight excluding hydrogens is 480 g/mol. The monoisotopic (exact) mass is 512 g/mol. The highest BCUT2D eigenvalue weighted by Crippen LogP contribution is 2.51. The number of ether oxygens (including phenoxy) is 4. The lowest BCUT2D eigenvalue weighted by Gasteiger charge is -2.60. The molecule has 5 atom stereocenters. The van der Waals surface area contributed by atoms with Crippen molar-refractivity contribution in [1.82, 2.24) is 0 Å². The van der Waals surface area contributed by atoms with Gasteiger partial charge in [0.1, 0.15) is 6.10 Å². The van der Waals surface area contributed by atoms with Crippen LogP contribution in [0, 0.1) is 0 Å². The van der Waals surface area contributed by atoms with Gasteiger partial charge in [-0.15, -0.1) is 0 Å². The molecule has 1 aliphatic rings. The molecule has 0 amide bonds. The average Bonchev–Trinajstić information content (AvgIpc) is 2.93. The number of aliphatic hydroxyl groups excluding tert-OH is 1. The van der Waals surface area contributed by atoms with Crippen molar-refractivity contribution in [1.29, 1.82) is 0 Å². The quantitative estimate of drug-likeness (QED) is 0.258. The van der Waals surface area contributed by atoms with Gasteiger partial charge in [0.2, 0.25) is 5.79 Å². The Morgan fingerprint density at radius 2 is 1.00 bits per heavy atom. The molecule has 4 rings (SSSR count). The molecule has 0 spiro atoms. The number of rotatable bonds is 10. The van der Waals surface area contributed by atoms with Crippen molar-refractivity contribution in [2.75, 3.05) is 6.61 Å². The predicted octanol–water partition coefficient (Wildman–Crippen LogP) is 1.80. The molecule has 9 nitrogen and oxygen atoms in total. The van der Waals surface area contributed by atoms with E-state index in [1.54, 1.807) is 91.0 Å². The van der Waals surface area contributed by atoms with Crippen LogP contribution in [-0.2, 0) is 38.8 Å². The zero-order valence-corrected chi connectivity index (χ0v) is 20.4. The lowest BCUT2D eigenvalue weighted by molar-refractivity contribution is -0.578. The summed E-state index contributed by atoms with van der Waals surface area (Å²) < 4.78 is 22.7. The summed E-state index contributed by atoms with van der Waals surface area (Å²) in [6.45, 7) is -0.738. The molecule has 0 radical (unpaired) electrons. The highest BCUT2D eigenvalue weighted by molar-refractivity contribution is 5.18. The number of hydrogen-bond acceptors (Lipinski definition) is 9. The van der Waals surface area contributed by atoms with E-state index < -0.39 is 35.9 Å². The maximum absolute atomic E-state index is 12.0. The fourth-order valence-electron chi connectivity index (χ4n) is 4.29. The summed E-state index contributed by atoms with van der Waals surface area (Å²) in [7, 11) is 0. The lowest BCUT2D eigenvalue weighted by atomic mass is 9.82. The van der Waals surface area contributed by atoms with Gasteiger partial charge in [-0.3, -0.25) is 0 Å². The Labute approximate surface area is 215 Å². The Balaban J connectivity index is 1.76. The summed E-state index contributed by atoms with van der Waals surface area (Å²) in [6.07, 6.45) is -1.74. The zero-order valence-electron chi connectivity index (χ0n) is 20.4. The molecule has 0 aliphatic carbocycles. The maximum Gasteiger partial charge on any atom is 0.286 e. The van der Waals surface area contributed by atoms with Crippen molar-refractivity contribution >= 4 is 0 Å². The summed E-state index contributed by atoms with van der Waals surface area (Å²) >= 11 is 0. The molecule has 0 aromatic heterocycles. The van der Waals surface area contributed by atoms with E-state index in [1.165, 1.54) is 0 Å². The minimum absolute atomic E-state index is 0.259. The lowest BCUT2D eigenvalue weighted by Crippen LogP contribution is -2.85. The van der Waals surface area contributed by atoms with Gasteiger partial charge in [-0.05, 0) is 23.6 Å². The van der Waals surface area contributed by atoms with Crippen molar-refractivity contribution in [3.63, 3.8) is 0 Å². The smallest absolute Gasteiger partial charge is 0.286 e. The summed E-state index contributed by atoms with van der Waals surface area (Å²) in [4.78, 5) is 0. The van der Waals surface area contributed by atoms with Gasteiger partial charge in [0.15, 0.2) is 0 Å². The first kappa shape index (κ1) is 27.3. The van der Waals surface area contributed by atoms with Crippen LogP contribution in [0.1, 0.15) is 23.6 Å². The third kappa shape index (κ3) is 5.19. The molecule has 0 saturated carbocycles. The van der Waals surface area contributed by atoms with Crippen molar-refractivity contribution < 1.29 is 44.5 Å². The molecule has 3 aromatic carbocycles. The van der Waals surface area contributed by atoms with Crippen LogP contribution >= 0.6 is 0 Å². The van der Waals surface area contributed by atoms with Crippen LogP contribution in [0.2, 0.25) is 0 Å². The largest absolute Gasteiger partial charge is 0.393 e. The van der Waals surface area contributed by atoms with E-state index in [-0.39, 0.29) is 19.8 Å². The van der Waals surface area contributed by atoms with Gasteiger partial charge < -0.3 is 44.5 Å². The third-order valence-electron chi connectivity index (χ3n) is 6.43. The second kappa shape index (κ2) is 11.0. The van der Waals surface area contributed by atoms with Gasteiger partial charge in [0, 0.05) is 0 Å². The topological polar surface area (TPSA) is 138 Å². The first-order valence-corrected chi connectivity index (χ1v) is 11.9. The molecular formula is C28H32O9. The Morgan fingerprint density at radius 1 is 0.622 bits per heavy atom. The van der Waals surface area contributed by atoms with Gasteiger partial charge in [0.25, 0.3) is 17.4 Å². The molecule has 1 saturated heterocycles.